The molecule has 0 saturated carbocycles. The Morgan fingerprint density at radius 2 is 2.03 bits per heavy atom. The number of benzene rings is 1. The van der Waals surface area contributed by atoms with E-state index in [0.29, 0.717) is 22.0 Å². The van der Waals surface area contributed by atoms with Gasteiger partial charge in [-0.3, -0.25) is 0 Å². The lowest BCUT2D eigenvalue weighted by atomic mass is 9.91. The van der Waals surface area contributed by atoms with Gasteiger partial charge in [-0.15, -0.1) is 0 Å². The number of fused-ring (bicyclic) bond motifs is 1. The van der Waals surface area contributed by atoms with Gasteiger partial charge in [0.25, 0.3) is 0 Å². The van der Waals surface area contributed by atoms with Crippen molar-refractivity contribution in [3.8, 4) is 0 Å². The zero-order valence-electron chi connectivity index (χ0n) is 18.2. The molecule has 0 spiro atoms. The minimum atomic E-state index is -4.47. The third-order valence-corrected chi connectivity index (χ3v) is 5.66. The van der Waals surface area contributed by atoms with Crippen LogP contribution in [0.1, 0.15) is 26.7 Å². The van der Waals surface area contributed by atoms with Crippen LogP contribution >= 0.6 is 11.6 Å². The molecule has 2 N–H and O–H groups in total. The predicted molar refractivity (Wildman–Crippen MR) is 127 cm³/mol. The second-order valence-electron chi connectivity index (χ2n) is 8.19. The van der Waals surface area contributed by atoms with E-state index < -0.39 is 11.7 Å². The predicted octanol–water partition coefficient (Wildman–Crippen LogP) is 7.19. The van der Waals surface area contributed by atoms with Gasteiger partial charge in [0.1, 0.15) is 5.82 Å². The fourth-order valence-corrected chi connectivity index (χ4v) is 3.88. The van der Waals surface area contributed by atoms with E-state index in [-0.39, 0.29) is 12.0 Å². The Morgan fingerprint density at radius 1 is 1.28 bits per heavy atom. The highest BCUT2D eigenvalue weighted by molar-refractivity contribution is 6.31. The van der Waals surface area contributed by atoms with Crippen LogP contribution in [-0.4, -0.2) is 23.7 Å². The maximum absolute atomic E-state index is 13.0. The first-order chi connectivity index (χ1) is 15.1. The summed E-state index contributed by atoms with van der Waals surface area (Å²) in [6.07, 6.45) is 1.97. The topological polar surface area (TPSA) is 37.0 Å². The molecule has 0 radical (unpaired) electrons. The molecule has 3 rings (SSSR count). The van der Waals surface area contributed by atoms with Crippen LogP contribution < -0.4 is 10.6 Å². The van der Waals surface area contributed by atoms with Gasteiger partial charge in [-0.1, -0.05) is 44.7 Å². The molecule has 1 aliphatic heterocycles. The maximum Gasteiger partial charge on any atom is 0.415 e. The lowest BCUT2D eigenvalue weighted by Gasteiger charge is -2.29. The molecule has 0 bridgehead atoms. The summed E-state index contributed by atoms with van der Waals surface area (Å²) in [7, 11) is 0. The Balaban J connectivity index is 1.91. The number of hydrogen-bond acceptors (Lipinski definition) is 3. The highest BCUT2D eigenvalue weighted by atomic mass is 35.5. The van der Waals surface area contributed by atoms with Crippen molar-refractivity contribution in [2.45, 2.75) is 38.9 Å². The molecule has 1 atom stereocenters. The number of rotatable bonds is 6. The lowest BCUT2D eigenvalue weighted by Crippen LogP contribution is -2.36. The molecule has 32 heavy (non-hydrogen) atoms. The molecular formula is C25H27ClF3N3. The van der Waals surface area contributed by atoms with Crippen molar-refractivity contribution in [3.05, 3.63) is 83.2 Å². The first kappa shape index (κ1) is 23.9. The van der Waals surface area contributed by atoms with Gasteiger partial charge in [0.15, 0.2) is 0 Å². The number of nitrogens with zero attached hydrogens (tertiary/aromatic N) is 1. The Bertz CT molecular complexity index is 1080. The molecule has 2 heterocycles. The van der Waals surface area contributed by atoms with Crippen LogP contribution in [0.25, 0.3) is 10.8 Å². The normalized spacial score (nSPS) is 18.7. The molecule has 1 aliphatic rings. The van der Waals surface area contributed by atoms with Gasteiger partial charge in [0, 0.05) is 34.4 Å². The van der Waals surface area contributed by atoms with E-state index in [0.717, 1.165) is 41.9 Å². The third kappa shape index (κ3) is 5.74. The van der Waals surface area contributed by atoms with Gasteiger partial charge in [0.2, 0.25) is 0 Å². The summed E-state index contributed by atoms with van der Waals surface area (Å²) >= 11 is 6.18. The summed E-state index contributed by atoms with van der Waals surface area (Å²) in [6.45, 7) is 11.7. The Morgan fingerprint density at radius 3 is 2.72 bits per heavy atom. The van der Waals surface area contributed by atoms with E-state index in [1.165, 1.54) is 0 Å². The molecule has 1 fully saturated rings. The van der Waals surface area contributed by atoms with Gasteiger partial charge < -0.3 is 10.6 Å². The van der Waals surface area contributed by atoms with Gasteiger partial charge in [0.05, 0.1) is 6.04 Å². The molecule has 1 aromatic carbocycles. The standard InChI is InChI=1S/C25H27ClF3N3/c1-15(2)20(13-17(4)25(27,28)29)16(3)12-23-22(6-5-10-30-23)32-24-21-14-19(26)8-7-18(21)9-11-31-24/h7-9,11-15,22,30H,3-6,10H2,1-2H3,(H,31,32)/b20-13+,23-12-. The van der Waals surface area contributed by atoms with Crippen molar-refractivity contribution >= 4 is 28.2 Å². The molecule has 1 aromatic heterocycles. The lowest BCUT2D eigenvalue weighted by molar-refractivity contribution is -0.0878. The zero-order chi connectivity index (χ0) is 23.5. The average molecular weight is 462 g/mol. The summed E-state index contributed by atoms with van der Waals surface area (Å²) in [4.78, 5) is 4.49. The Hall–Kier alpha value is -2.73. The Labute approximate surface area is 191 Å². The van der Waals surface area contributed by atoms with E-state index in [9.17, 15) is 13.2 Å². The minimum Gasteiger partial charge on any atom is -0.387 e. The number of aromatic nitrogens is 1. The highest BCUT2D eigenvalue weighted by Gasteiger charge is 2.31. The number of allylic oxidation sites excluding steroid dienone is 5. The van der Waals surface area contributed by atoms with Gasteiger partial charge in [-0.2, -0.15) is 13.2 Å². The Kier molecular flexibility index (Phi) is 7.34. The molecule has 170 valence electrons. The second-order valence-corrected chi connectivity index (χ2v) is 8.63. The number of pyridine rings is 1. The fourth-order valence-electron chi connectivity index (χ4n) is 3.71. The number of anilines is 1. The average Bonchev–Trinajstić information content (AvgIpc) is 2.72. The van der Waals surface area contributed by atoms with Crippen molar-refractivity contribution < 1.29 is 13.2 Å². The molecule has 0 amide bonds. The molecule has 1 saturated heterocycles. The number of halogens is 4. The van der Waals surface area contributed by atoms with Crippen molar-refractivity contribution in [3.63, 3.8) is 0 Å². The summed E-state index contributed by atoms with van der Waals surface area (Å²) in [5.74, 6) is 0.565. The summed E-state index contributed by atoms with van der Waals surface area (Å²) in [5, 5.41) is 9.40. The number of hydrogen-bond donors (Lipinski definition) is 2. The number of nitrogens with one attached hydrogen (secondary N) is 2. The molecule has 3 nitrogen and oxygen atoms in total. The van der Waals surface area contributed by atoms with Crippen LogP contribution in [-0.2, 0) is 0 Å². The van der Waals surface area contributed by atoms with Crippen LogP contribution in [0.2, 0.25) is 5.02 Å². The highest BCUT2D eigenvalue weighted by Crippen LogP contribution is 2.31. The summed E-state index contributed by atoms with van der Waals surface area (Å²) in [6, 6.07) is 7.47. The molecule has 7 heteroatoms. The first-order valence-electron chi connectivity index (χ1n) is 10.5. The van der Waals surface area contributed by atoms with Crippen molar-refractivity contribution in [1.29, 1.82) is 0 Å². The van der Waals surface area contributed by atoms with E-state index in [1.54, 1.807) is 6.20 Å². The van der Waals surface area contributed by atoms with Crippen LogP contribution in [0.5, 0.6) is 0 Å². The number of alkyl halides is 3. The number of piperidine rings is 1. The SMILES string of the molecule is C=C(/C=C1\NCCCC1Nc1nccc2ccc(Cl)cc12)/C(=C/C(=C)C(F)(F)F)C(C)C. The van der Waals surface area contributed by atoms with Crippen molar-refractivity contribution in [1.82, 2.24) is 10.3 Å². The molecule has 2 aromatic rings. The fraction of sp³-hybridized carbons (Fsp3) is 0.320. The van der Waals surface area contributed by atoms with Crippen LogP contribution in [0, 0.1) is 5.92 Å². The maximum atomic E-state index is 13.0. The van der Waals surface area contributed by atoms with Crippen molar-refractivity contribution in [2.75, 3.05) is 11.9 Å². The van der Waals surface area contributed by atoms with E-state index in [4.69, 9.17) is 11.6 Å². The third-order valence-electron chi connectivity index (χ3n) is 5.43. The minimum absolute atomic E-state index is 0.0863. The first-order valence-corrected chi connectivity index (χ1v) is 10.9. The van der Waals surface area contributed by atoms with Crippen molar-refractivity contribution in [2.24, 2.45) is 5.92 Å². The largest absolute Gasteiger partial charge is 0.415 e. The van der Waals surface area contributed by atoms with Gasteiger partial charge in [-0.25, -0.2) is 4.98 Å². The van der Waals surface area contributed by atoms with E-state index >= 15 is 0 Å². The quantitative estimate of drug-likeness (QED) is 0.447. The molecule has 1 unspecified atom stereocenters. The van der Waals surface area contributed by atoms with Crippen LogP contribution in [0.4, 0.5) is 19.0 Å². The molecular weight excluding hydrogens is 435 g/mol. The van der Waals surface area contributed by atoms with E-state index in [2.05, 4.69) is 28.8 Å². The smallest absolute Gasteiger partial charge is 0.387 e. The van der Waals surface area contributed by atoms with Gasteiger partial charge >= 0.3 is 6.18 Å². The summed E-state index contributed by atoms with van der Waals surface area (Å²) in [5.41, 5.74) is 1.01. The second kappa shape index (κ2) is 9.82. The van der Waals surface area contributed by atoms with E-state index in [1.807, 2.05) is 44.2 Å². The zero-order valence-corrected chi connectivity index (χ0v) is 18.9. The summed E-state index contributed by atoms with van der Waals surface area (Å²) < 4.78 is 39.1. The monoisotopic (exact) mass is 461 g/mol. The van der Waals surface area contributed by atoms with Gasteiger partial charge in [-0.05, 0) is 65.6 Å². The van der Waals surface area contributed by atoms with Crippen LogP contribution in [0.3, 0.4) is 0 Å². The van der Waals surface area contributed by atoms with Crippen LogP contribution in [0.15, 0.2) is 78.2 Å². The molecule has 0 aliphatic carbocycles.